The van der Waals surface area contributed by atoms with E-state index in [1.165, 1.54) is 42.5 Å². The zero-order valence-corrected chi connectivity index (χ0v) is 34.1. The van der Waals surface area contributed by atoms with E-state index in [0.29, 0.717) is 21.8 Å². The smallest absolute Gasteiger partial charge is 0.200 e. The first kappa shape index (κ1) is 40.8. The fraction of sp³-hybridized carbons (Fsp3) is 0.0980. The molecule has 1 aliphatic heterocycles. The van der Waals surface area contributed by atoms with E-state index in [-0.39, 0.29) is 55.7 Å². The lowest BCUT2D eigenvalue weighted by Gasteiger charge is -2.35. The summed E-state index contributed by atoms with van der Waals surface area (Å²) in [5.41, 5.74) is -1.13. The van der Waals surface area contributed by atoms with Gasteiger partial charge in [0, 0.05) is 44.6 Å². The number of hydrogen-bond donors (Lipinski definition) is 0. The minimum absolute atomic E-state index is 0.131. The first-order valence-electron chi connectivity index (χ1n) is 19.9. The molecule has 0 amide bonds. The summed E-state index contributed by atoms with van der Waals surface area (Å²) in [5.74, 6) is -22.6. The quantitative estimate of drug-likeness (QED) is 0.0758. The maximum Gasteiger partial charge on any atom is 0.200 e. The molecule has 64 heavy (non-hydrogen) atoms. The van der Waals surface area contributed by atoms with Crippen molar-refractivity contribution in [2.75, 3.05) is 14.7 Å². The summed E-state index contributed by atoms with van der Waals surface area (Å²) in [6.45, 7) is 7.87. The van der Waals surface area contributed by atoms with Gasteiger partial charge in [0.15, 0.2) is 46.5 Å². The molecule has 0 atom stereocenters. The second kappa shape index (κ2) is 14.4. The maximum absolute atomic E-state index is 16.5. The summed E-state index contributed by atoms with van der Waals surface area (Å²) in [6.07, 6.45) is 0. The van der Waals surface area contributed by atoms with Crippen LogP contribution in [0.2, 0.25) is 0 Å². The number of aryl methyl sites for hydroxylation is 1. The lowest BCUT2D eigenvalue weighted by molar-refractivity contribution is 0.380. The van der Waals surface area contributed by atoms with Crippen LogP contribution in [0.3, 0.4) is 0 Å². The van der Waals surface area contributed by atoms with Crippen molar-refractivity contribution in [2.45, 2.75) is 33.1 Å². The van der Waals surface area contributed by atoms with Gasteiger partial charge in [-0.05, 0) is 88.7 Å². The van der Waals surface area contributed by atoms with Gasteiger partial charge in [-0.1, -0.05) is 87.0 Å². The summed E-state index contributed by atoms with van der Waals surface area (Å²) in [7, 11) is 0. The highest BCUT2D eigenvalue weighted by molar-refractivity contribution is 6.29. The van der Waals surface area contributed by atoms with Crippen molar-refractivity contribution in [3.05, 3.63) is 185 Å². The number of anilines is 9. The molecule has 1 aliphatic rings. The van der Waals surface area contributed by atoms with E-state index >= 15 is 35.1 Å². The zero-order chi connectivity index (χ0) is 45.3. The molecule has 0 saturated heterocycles. The Bertz CT molecular complexity index is 3170. The van der Waals surface area contributed by atoms with E-state index in [9.17, 15) is 8.78 Å². The lowest BCUT2D eigenvalue weighted by Crippen LogP contribution is -2.21. The zero-order valence-electron chi connectivity index (χ0n) is 34.1. The van der Waals surface area contributed by atoms with Crippen molar-refractivity contribution in [3.8, 4) is 0 Å². The molecule has 9 aromatic rings. The minimum Gasteiger partial charge on any atom is -0.310 e. The van der Waals surface area contributed by atoms with Gasteiger partial charge in [-0.25, -0.2) is 43.9 Å². The van der Waals surface area contributed by atoms with Crippen LogP contribution in [0, 0.1) is 65.1 Å². The molecule has 9 aromatic carbocycles. The number of benzene rings is 9. The Labute approximate surface area is 358 Å². The lowest BCUT2D eigenvalue weighted by atomic mass is 9.83. The summed E-state index contributed by atoms with van der Waals surface area (Å²) < 4.78 is 158. The molecule has 1 heterocycles. The molecule has 0 N–H and O–H groups in total. The van der Waals surface area contributed by atoms with Gasteiger partial charge in [-0.15, -0.1) is 0 Å². The third kappa shape index (κ3) is 5.96. The standard InChI is InChI=1S/C51H31F10N3/c1-24-11-15-28(16-12-24)62-29-7-5-9-31(21-29)63(49-45(58)41(54)39(52)42(55)46(49)59)35-23-36(34-18-14-26-20-27(51(2,3)4)19-25-13-17-33(35)38(34)37(25)26)64(32-10-6-8-30(62)22-32)50-47(60)43(56)40(53)44(57)48(50)61/h5-23H,1-4H3. The van der Waals surface area contributed by atoms with Crippen molar-refractivity contribution >= 4 is 83.5 Å². The van der Waals surface area contributed by atoms with Crippen molar-refractivity contribution < 1.29 is 43.9 Å². The fourth-order valence-electron chi connectivity index (χ4n) is 8.72. The first-order chi connectivity index (χ1) is 30.5. The van der Waals surface area contributed by atoms with E-state index in [1.54, 1.807) is 65.6 Å². The summed E-state index contributed by atoms with van der Waals surface area (Å²) in [4.78, 5) is 3.27. The van der Waals surface area contributed by atoms with Crippen LogP contribution in [0.5, 0.6) is 0 Å². The number of rotatable bonds is 3. The van der Waals surface area contributed by atoms with Crippen LogP contribution in [-0.2, 0) is 5.41 Å². The summed E-state index contributed by atoms with van der Waals surface area (Å²) >= 11 is 0. The highest BCUT2D eigenvalue weighted by atomic mass is 19.2. The summed E-state index contributed by atoms with van der Waals surface area (Å²) in [5, 5.41) is 2.46. The Hall–Kier alpha value is -7.28. The van der Waals surface area contributed by atoms with Crippen LogP contribution in [0.15, 0.2) is 115 Å². The molecular weight excluding hydrogens is 845 g/mol. The van der Waals surface area contributed by atoms with E-state index in [4.69, 9.17) is 0 Å². The van der Waals surface area contributed by atoms with Gasteiger partial charge in [0.2, 0.25) is 11.6 Å². The monoisotopic (exact) mass is 875 g/mol. The third-order valence-corrected chi connectivity index (χ3v) is 11.8. The second-order valence-corrected chi connectivity index (χ2v) is 16.8. The highest BCUT2D eigenvalue weighted by Gasteiger charge is 2.36. The predicted octanol–water partition coefficient (Wildman–Crippen LogP) is 16.3. The molecule has 0 unspecified atom stereocenters. The topological polar surface area (TPSA) is 9.72 Å². The molecule has 0 radical (unpaired) electrons. The van der Waals surface area contributed by atoms with Gasteiger partial charge in [-0.2, -0.15) is 0 Å². The molecule has 13 heteroatoms. The Morgan fingerprint density at radius 2 is 0.734 bits per heavy atom. The van der Waals surface area contributed by atoms with Crippen molar-refractivity contribution in [1.29, 1.82) is 0 Å². The largest absolute Gasteiger partial charge is 0.310 e. The average Bonchev–Trinajstić information content (AvgIpc) is 3.28. The van der Waals surface area contributed by atoms with Crippen LogP contribution in [0.1, 0.15) is 31.9 Å². The molecular formula is C51H31F10N3. The first-order valence-corrected chi connectivity index (χ1v) is 19.9. The van der Waals surface area contributed by atoms with Gasteiger partial charge in [0.1, 0.15) is 11.4 Å². The van der Waals surface area contributed by atoms with Gasteiger partial charge in [0.25, 0.3) is 0 Å². The van der Waals surface area contributed by atoms with E-state index in [0.717, 1.165) is 20.9 Å². The van der Waals surface area contributed by atoms with Crippen LogP contribution >= 0.6 is 0 Å². The molecule has 0 aromatic heterocycles. The van der Waals surface area contributed by atoms with Crippen LogP contribution in [0.25, 0.3) is 32.3 Å². The molecule has 320 valence electrons. The second-order valence-electron chi connectivity index (χ2n) is 16.8. The van der Waals surface area contributed by atoms with E-state index in [1.807, 2.05) is 39.8 Å². The molecule has 0 saturated carbocycles. The molecule has 10 rings (SSSR count). The molecule has 0 fully saturated rings. The predicted molar refractivity (Wildman–Crippen MR) is 231 cm³/mol. The Balaban J connectivity index is 1.46. The number of nitrogens with zero attached hydrogens (tertiary/aromatic N) is 3. The molecule has 0 spiro atoms. The maximum atomic E-state index is 16.5. The Kier molecular flexibility index (Phi) is 9.16. The highest BCUT2D eigenvalue weighted by Crippen LogP contribution is 2.54. The van der Waals surface area contributed by atoms with Crippen LogP contribution in [0.4, 0.5) is 95.1 Å². The van der Waals surface area contributed by atoms with Crippen molar-refractivity contribution in [3.63, 3.8) is 0 Å². The van der Waals surface area contributed by atoms with Crippen molar-refractivity contribution in [2.24, 2.45) is 0 Å². The van der Waals surface area contributed by atoms with Crippen LogP contribution < -0.4 is 14.7 Å². The Morgan fingerprint density at radius 1 is 0.359 bits per heavy atom. The Morgan fingerprint density at radius 3 is 1.12 bits per heavy atom. The number of halogens is 10. The average molecular weight is 876 g/mol. The van der Waals surface area contributed by atoms with Gasteiger partial charge < -0.3 is 14.7 Å². The minimum atomic E-state index is -2.41. The SMILES string of the molecule is Cc1ccc(N2c3cccc(c3)N(c3c(F)c(F)c(F)c(F)c3F)c3cc(c4ccc5cc(C(C)(C)C)cc6ccc3c4c65)N(c3c(F)c(F)c(F)c(F)c3F)c3cccc2c3)cc1. The third-order valence-electron chi connectivity index (χ3n) is 11.8. The number of hydrogen-bond acceptors (Lipinski definition) is 3. The summed E-state index contributed by atoms with van der Waals surface area (Å²) in [6, 6.07) is 30.7. The van der Waals surface area contributed by atoms with E-state index < -0.39 is 69.5 Å². The van der Waals surface area contributed by atoms with E-state index in [2.05, 4.69) is 0 Å². The van der Waals surface area contributed by atoms with Gasteiger partial charge in [-0.3, -0.25) is 0 Å². The fourth-order valence-corrected chi connectivity index (χ4v) is 8.72. The van der Waals surface area contributed by atoms with Crippen LogP contribution in [-0.4, -0.2) is 0 Å². The number of fused-ring (bicyclic) bond motifs is 8. The van der Waals surface area contributed by atoms with Gasteiger partial charge >= 0.3 is 0 Å². The molecule has 0 aliphatic carbocycles. The van der Waals surface area contributed by atoms with Gasteiger partial charge in [0.05, 0.1) is 11.4 Å². The molecule has 6 bridgehead atoms. The van der Waals surface area contributed by atoms with Crippen molar-refractivity contribution in [1.82, 2.24) is 0 Å². The molecule has 3 nitrogen and oxygen atoms in total. The normalized spacial score (nSPS) is 13.1.